The van der Waals surface area contributed by atoms with Crippen LogP contribution in [0.25, 0.3) is 0 Å². The normalized spacial score (nSPS) is 18.8. The third-order valence-electron chi connectivity index (χ3n) is 2.88. The Labute approximate surface area is 90.1 Å². The molecule has 2 N–H and O–H groups in total. The zero-order chi connectivity index (χ0) is 12.0. The van der Waals surface area contributed by atoms with E-state index < -0.39 is 17.3 Å². The van der Waals surface area contributed by atoms with E-state index in [9.17, 15) is 13.2 Å². The number of hydrogen-bond acceptors (Lipinski definition) is 3. The lowest BCUT2D eigenvalue weighted by atomic mass is 9.97. The van der Waals surface area contributed by atoms with Gasteiger partial charge in [0.05, 0.1) is 6.61 Å². The van der Waals surface area contributed by atoms with E-state index in [0.29, 0.717) is 12.8 Å². The second kappa shape index (κ2) is 3.46. The van der Waals surface area contributed by atoms with E-state index in [-0.39, 0.29) is 12.2 Å². The Hall–Kier alpha value is -1.08. The lowest BCUT2D eigenvalue weighted by molar-refractivity contribution is -0.142. The summed E-state index contributed by atoms with van der Waals surface area (Å²) in [4.78, 5) is 4.50. The maximum absolute atomic E-state index is 12.7. The van der Waals surface area contributed by atoms with E-state index in [1.165, 1.54) is 17.9 Å². The standard InChI is InChI=1S/C9H12F3N3O/c1-15-4-6(7(14-15)9(10,11)12)8(2-3-8)5-16-13/h4H,2-3,5,13H2,1H3. The van der Waals surface area contributed by atoms with Gasteiger partial charge in [-0.3, -0.25) is 4.68 Å². The number of alkyl halides is 3. The molecule has 4 nitrogen and oxygen atoms in total. The molecule has 7 heteroatoms. The maximum atomic E-state index is 12.7. The number of halogens is 3. The molecule has 0 aliphatic heterocycles. The van der Waals surface area contributed by atoms with Crippen molar-refractivity contribution in [3.05, 3.63) is 17.5 Å². The highest BCUT2D eigenvalue weighted by Gasteiger charge is 2.51. The van der Waals surface area contributed by atoms with E-state index in [4.69, 9.17) is 5.90 Å². The van der Waals surface area contributed by atoms with Crippen molar-refractivity contribution in [2.45, 2.75) is 24.4 Å². The van der Waals surface area contributed by atoms with E-state index >= 15 is 0 Å². The molecule has 0 spiro atoms. The van der Waals surface area contributed by atoms with Crippen LogP contribution in [0.15, 0.2) is 6.20 Å². The topological polar surface area (TPSA) is 53.1 Å². The van der Waals surface area contributed by atoms with Crippen LogP contribution in [0.2, 0.25) is 0 Å². The van der Waals surface area contributed by atoms with Gasteiger partial charge in [0.1, 0.15) is 0 Å². The zero-order valence-electron chi connectivity index (χ0n) is 8.71. The second-order valence-corrected chi connectivity index (χ2v) is 4.15. The average molecular weight is 235 g/mol. The third kappa shape index (κ3) is 1.80. The molecule has 0 bridgehead atoms. The highest BCUT2D eigenvalue weighted by atomic mass is 19.4. The van der Waals surface area contributed by atoms with Crippen LogP contribution in [0.4, 0.5) is 13.2 Å². The van der Waals surface area contributed by atoms with Crippen LogP contribution in [-0.2, 0) is 23.5 Å². The first-order valence-electron chi connectivity index (χ1n) is 4.82. The monoisotopic (exact) mass is 235 g/mol. The van der Waals surface area contributed by atoms with Gasteiger partial charge in [0, 0.05) is 24.2 Å². The number of aromatic nitrogens is 2. The zero-order valence-corrected chi connectivity index (χ0v) is 8.71. The van der Waals surface area contributed by atoms with E-state index in [1.807, 2.05) is 0 Å². The maximum Gasteiger partial charge on any atom is 0.435 e. The fraction of sp³-hybridized carbons (Fsp3) is 0.667. The van der Waals surface area contributed by atoms with Crippen molar-refractivity contribution in [2.24, 2.45) is 12.9 Å². The molecule has 2 rings (SSSR count). The Morgan fingerprint density at radius 2 is 2.19 bits per heavy atom. The smallest absolute Gasteiger partial charge is 0.304 e. The molecule has 1 heterocycles. The molecule has 0 atom stereocenters. The van der Waals surface area contributed by atoms with Crippen molar-refractivity contribution in [3.63, 3.8) is 0 Å². The van der Waals surface area contributed by atoms with Crippen molar-refractivity contribution in [3.8, 4) is 0 Å². The van der Waals surface area contributed by atoms with Crippen LogP contribution in [-0.4, -0.2) is 16.4 Å². The Bertz CT molecular complexity index is 395. The largest absolute Gasteiger partial charge is 0.435 e. The minimum atomic E-state index is -4.43. The molecule has 1 aromatic rings. The molecule has 1 aliphatic rings. The molecule has 0 radical (unpaired) electrons. The predicted molar refractivity (Wildman–Crippen MR) is 49.3 cm³/mol. The first kappa shape index (κ1) is 11.4. The highest BCUT2D eigenvalue weighted by molar-refractivity contribution is 5.35. The Balaban J connectivity index is 2.41. The third-order valence-corrected chi connectivity index (χ3v) is 2.88. The van der Waals surface area contributed by atoms with E-state index in [2.05, 4.69) is 9.94 Å². The summed E-state index contributed by atoms with van der Waals surface area (Å²) in [7, 11) is 1.47. The van der Waals surface area contributed by atoms with Crippen LogP contribution in [0.5, 0.6) is 0 Å². The van der Waals surface area contributed by atoms with Crippen molar-refractivity contribution < 1.29 is 18.0 Å². The molecular formula is C9H12F3N3O. The highest BCUT2D eigenvalue weighted by Crippen LogP contribution is 2.51. The summed E-state index contributed by atoms with van der Waals surface area (Å²) in [5, 5.41) is 3.47. The van der Waals surface area contributed by atoms with Crippen LogP contribution >= 0.6 is 0 Å². The van der Waals surface area contributed by atoms with Gasteiger partial charge in [0.25, 0.3) is 0 Å². The van der Waals surface area contributed by atoms with Crippen molar-refractivity contribution in [1.82, 2.24) is 9.78 Å². The molecule has 16 heavy (non-hydrogen) atoms. The second-order valence-electron chi connectivity index (χ2n) is 4.15. The van der Waals surface area contributed by atoms with Crippen LogP contribution in [0.3, 0.4) is 0 Å². The minimum absolute atomic E-state index is 0.0990. The fourth-order valence-electron chi connectivity index (χ4n) is 1.89. The molecule has 0 unspecified atom stereocenters. The number of aryl methyl sites for hydroxylation is 1. The van der Waals surface area contributed by atoms with Gasteiger partial charge in [-0.2, -0.15) is 18.3 Å². The van der Waals surface area contributed by atoms with Gasteiger partial charge in [0.2, 0.25) is 0 Å². The van der Waals surface area contributed by atoms with Gasteiger partial charge in [-0.05, 0) is 12.8 Å². The summed E-state index contributed by atoms with van der Waals surface area (Å²) in [5.74, 6) is 4.95. The van der Waals surface area contributed by atoms with Crippen LogP contribution in [0.1, 0.15) is 24.1 Å². The predicted octanol–water partition coefficient (Wildman–Crippen LogP) is 1.36. The summed E-state index contributed by atoms with van der Waals surface area (Å²) in [6, 6.07) is 0. The molecule has 90 valence electrons. The lowest BCUT2D eigenvalue weighted by Crippen LogP contribution is -2.21. The lowest BCUT2D eigenvalue weighted by Gasteiger charge is -2.14. The Morgan fingerprint density at radius 3 is 2.62 bits per heavy atom. The molecule has 1 saturated carbocycles. The molecule has 1 aliphatic carbocycles. The first-order chi connectivity index (χ1) is 7.39. The molecule has 1 aromatic heterocycles. The quantitative estimate of drug-likeness (QED) is 0.805. The van der Waals surface area contributed by atoms with Crippen LogP contribution < -0.4 is 5.90 Å². The van der Waals surface area contributed by atoms with Crippen molar-refractivity contribution in [2.75, 3.05) is 6.61 Å². The van der Waals surface area contributed by atoms with Gasteiger partial charge in [-0.25, -0.2) is 5.90 Å². The van der Waals surface area contributed by atoms with E-state index in [1.54, 1.807) is 0 Å². The van der Waals surface area contributed by atoms with Crippen molar-refractivity contribution >= 4 is 0 Å². The summed E-state index contributed by atoms with van der Waals surface area (Å²) in [5.41, 5.74) is -1.23. The molecule has 0 aromatic carbocycles. The molecule has 0 amide bonds. The van der Waals surface area contributed by atoms with E-state index in [0.717, 1.165) is 0 Å². The van der Waals surface area contributed by atoms with Crippen molar-refractivity contribution in [1.29, 1.82) is 0 Å². The van der Waals surface area contributed by atoms with Gasteiger partial charge >= 0.3 is 6.18 Å². The molecule has 1 fully saturated rings. The SMILES string of the molecule is Cn1cc(C2(CON)CC2)c(C(F)(F)F)n1. The summed E-state index contributed by atoms with van der Waals surface area (Å²) in [6.07, 6.45) is -1.73. The number of nitrogens with zero attached hydrogens (tertiary/aromatic N) is 2. The number of nitrogens with two attached hydrogens (primary N) is 1. The van der Waals surface area contributed by atoms with Gasteiger partial charge in [-0.15, -0.1) is 0 Å². The Kier molecular flexibility index (Phi) is 2.47. The summed E-state index contributed by atoms with van der Waals surface area (Å²) >= 11 is 0. The van der Waals surface area contributed by atoms with Gasteiger partial charge in [0.15, 0.2) is 5.69 Å². The molecule has 0 saturated heterocycles. The summed E-state index contributed by atoms with van der Waals surface area (Å²) < 4.78 is 39.3. The fourth-order valence-corrected chi connectivity index (χ4v) is 1.89. The summed E-state index contributed by atoms with van der Waals surface area (Å²) in [6.45, 7) is 0.0990. The first-order valence-corrected chi connectivity index (χ1v) is 4.82. The molecular weight excluding hydrogens is 223 g/mol. The minimum Gasteiger partial charge on any atom is -0.304 e. The number of rotatable bonds is 3. The van der Waals surface area contributed by atoms with Gasteiger partial charge < -0.3 is 4.84 Å². The van der Waals surface area contributed by atoms with Crippen LogP contribution in [0, 0.1) is 0 Å². The van der Waals surface area contributed by atoms with Gasteiger partial charge in [-0.1, -0.05) is 0 Å². The Morgan fingerprint density at radius 1 is 1.56 bits per heavy atom. The number of hydrogen-bond donors (Lipinski definition) is 1. The average Bonchev–Trinajstić information content (AvgIpc) is 2.81.